The van der Waals surface area contributed by atoms with Gasteiger partial charge in [-0.2, -0.15) is 23.5 Å². The van der Waals surface area contributed by atoms with Crippen LogP contribution in [0.2, 0.25) is 0 Å². The Morgan fingerprint density at radius 3 is 1.43 bits per heavy atom. The second kappa shape index (κ2) is 12.1. The van der Waals surface area contributed by atoms with E-state index in [1.54, 1.807) is 0 Å². The van der Waals surface area contributed by atoms with Gasteiger partial charge in [-0.15, -0.1) is 0 Å². The molecular weight excluding hydrogens is 296 g/mol. The van der Waals surface area contributed by atoms with Gasteiger partial charge in [0.2, 0.25) is 0 Å². The molecule has 2 fully saturated rings. The molecule has 21 heavy (non-hydrogen) atoms. The Kier molecular flexibility index (Phi) is 10.3. The predicted octanol–water partition coefficient (Wildman–Crippen LogP) is 4.16. The molecule has 0 amide bonds. The first-order valence-corrected chi connectivity index (χ1v) is 11.4. The molecule has 2 aliphatic rings. The van der Waals surface area contributed by atoms with Crippen LogP contribution in [0.15, 0.2) is 0 Å². The Bertz CT molecular complexity index is 215. The molecule has 0 aromatic carbocycles. The smallest absolute Gasteiger partial charge is 0.0392 e. The van der Waals surface area contributed by atoms with Crippen molar-refractivity contribution in [2.45, 2.75) is 51.4 Å². The highest BCUT2D eigenvalue weighted by molar-refractivity contribution is 8.15. The zero-order valence-electron chi connectivity index (χ0n) is 13.7. The van der Waals surface area contributed by atoms with Crippen LogP contribution < -0.4 is 0 Å². The molecule has 0 aromatic rings. The van der Waals surface area contributed by atoms with E-state index < -0.39 is 0 Å². The molecule has 2 aliphatic heterocycles. The second-order valence-corrected chi connectivity index (χ2v) is 9.02. The number of piperidine rings is 2. The van der Waals surface area contributed by atoms with Gasteiger partial charge in [-0.1, -0.05) is 12.8 Å². The van der Waals surface area contributed by atoms with Crippen LogP contribution in [0, 0.1) is 0 Å². The van der Waals surface area contributed by atoms with Crippen molar-refractivity contribution in [3.63, 3.8) is 0 Å². The molecule has 0 atom stereocenters. The Morgan fingerprint density at radius 2 is 1.00 bits per heavy atom. The monoisotopic (exact) mass is 330 g/mol. The molecule has 0 unspecified atom stereocenters. The van der Waals surface area contributed by atoms with E-state index in [-0.39, 0.29) is 0 Å². The fourth-order valence-electron chi connectivity index (χ4n) is 3.32. The summed E-state index contributed by atoms with van der Waals surface area (Å²) < 4.78 is 0. The first-order valence-electron chi connectivity index (χ1n) is 9.05. The second-order valence-electron chi connectivity index (χ2n) is 6.45. The highest BCUT2D eigenvalue weighted by Crippen LogP contribution is 2.16. The van der Waals surface area contributed by atoms with Gasteiger partial charge in [0.15, 0.2) is 0 Å². The number of likely N-dealkylation sites (tertiary alicyclic amines) is 2. The zero-order valence-corrected chi connectivity index (χ0v) is 15.4. The molecule has 124 valence electrons. The number of hydrogen-bond acceptors (Lipinski definition) is 4. The average Bonchev–Trinajstić information content (AvgIpc) is 2.55. The third kappa shape index (κ3) is 8.73. The molecule has 0 aliphatic carbocycles. The highest BCUT2D eigenvalue weighted by Gasteiger charge is 2.09. The standard InChI is InChI=1S/C17H34N2S2/c1-3-9-18(10-4-1)13-7-15-20-17-21-16-8-14-19-11-5-2-6-12-19/h1-17H2. The molecular formula is C17H34N2S2. The van der Waals surface area contributed by atoms with Crippen LogP contribution in [0.1, 0.15) is 51.4 Å². The minimum Gasteiger partial charge on any atom is -0.303 e. The summed E-state index contributed by atoms with van der Waals surface area (Å²) in [4.78, 5) is 5.33. The maximum atomic E-state index is 2.66. The molecule has 0 spiro atoms. The van der Waals surface area contributed by atoms with Crippen LogP contribution in [-0.2, 0) is 0 Å². The molecule has 0 N–H and O–H groups in total. The van der Waals surface area contributed by atoms with Crippen molar-refractivity contribution in [2.75, 3.05) is 55.9 Å². The topological polar surface area (TPSA) is 6.48 Å². The molecule has 0 bridgehead atoms. The van der Waals surface area contributed by atoms with Gasteiger partial charge in [0, 0.05) is 5.08 Å². The number of hydrogen-bond donors (Lipinski definition) is 0. The fourth-order valence-corrected chi connectivity index (χ4v) is 5.40. The van der Waals surface area contributed by atoms with E-state index in [9.17, 15) is 0 Å². The largest absolute Gasteiger partial charge is 0.303 e. The van der Waals surface area contributed by atoms with Crippen molar-refractivity contribution >= 4 is 23.5 Å². The van der Waals surface area contributed by atoms with Crippen molar-refractivity contribution in [3.05, 3.63) is 0 Å². The first kappa shape index (κ1) is 18.0. The fraction of sp³-hybridized carbons (Fsp3) is 1.00. The van der Waals surface area contributed by atoms with Crippen LogP contribution in [0.5, 0.6) is 0 Å². The Labute approximate surface area is 140 Å². The number of thioether (sulfide) groups is 2. The van der Waals surface area contributed by atoms with Crippen molar-refractivity contribution in [1.29, 1.82) is 0 Å². The predicted molar refractivity (Wildman–Crippen MR) is 99.6 cm³/mol. The lowest BCUT2D eigenvalue weighted by atomic mass is 10.1. The van der Waals surface area contributed by atoms with Crippen molar-refractivity contribution in [3.8, 4) is 0 Å². The van der Waals surface area contributed by atoms with Crippen LogP contribution in [0.4, 0.5) is 0 Å². The van der Waals surface area contributed by atoms with Gasteiger partial charge in [-0.3, -0.25) is 0 Å². The summed E-state index contributed by atoms with van der Waals surface area (Å²) in [6.07, 6.45) is 11.4. The quantitative estimate of drug-likeness (QED) is 0.438. The summed E-state index contributed by atoms with van der Waals surface area (Å²) in [5.74, 6) is 2.71. The van der Waals surface area contributed by atoms with Crippen molar-refractivity contribution in [2.24, 2.45) is 0 Å². The van der Waals surface area contributed by atoms with Crippen molar-refractivity contribution in [1.82, 2.24) is 9.80 Å². The van der Waals surface area contributed by atoms with Crippen LogP contribution in [0.25, 0.3) is 0 Å². The summed E-state index contributed by atoms with van der Waals surface area (Å²) in [5, 5.41) is 1.31. The highest BCUT2D eigenvalue weighted by atomic mass is 32.2. The van der Waals surface area contributed by atoms with Crippen LogP contribution in [-0.4, -0.2) is 65.7 Å². The van der Waals surface area contributed by atoms with Gasteiger partial charge in [0.05, 0.1) is 0 Å². The molecule has 4 heteroatoms. The summed E-state index contributed by atoms with van der Waals surface area (Å²) in [5.41, 5.74) is 0. The SMILES string of the molecule is C1CCN(CCCSCSCCCN2CCCCC2)CC1. The molecule has 2 heterocycles. The van der Waals surface area contributed by atoms with E-state index >= 15 is 0 Å². The number of nitrogens with zero attached hydrogens (tertiary/aromatic N) is 2. The third-order valence-electron chi connectivity index (χ3n) is 4.59. The van der Waals surface area contributed by atoms with E-state index in [1.807, 2.05) is 0 Å². The summed E-state index contributed by atoms with van der Waals surface area (Å²) in [6.45, 7) is 8.11. The van der Waals surface area contributed by atoms with E-state index in [4.69, 9.17) is 0 Å². The summed E-state index contributed by atoms with van der Waals surface area (Å²) >= 11 is 4.30. The molecule has 0 aromatic heterocycles. The van der Waals surface area contributed by atoms with E-state index in [2.05, 4.69) is 33.3 Å². The van der Waals surface area contributed by atoms with E-state index in [1.165, 1.54) is 107 Å². The number of rotatable bonds is 10. The minimum absolute atomic E-state index is 1.31. The van der Waals surface area contributed by atoms with Gasteiger partial charge >= 0.3 is 0 Å². The Hall–Kier alpha value is 0.620. The molecule has 2 saturated heterocycles. The van der Waals surface area contributed by atoms with Gasteiger partial charge in [-0.25, -0.2) is 0 Å². The lowest BCUT2D eigenvalue weighted by molar-refractivity contribution is 0.230. The minimum atomic E-state index is 1.31. The normalized spacial score (nSPS) is 21.7. The zero-order chi connectivity index (χ0) is 14.6. The lowest BCUT2D eigenvalue weighted by Gasteiger charge is -2.26. The van der Waals surface area contributed by atoms with E-state index in [0.717, 1.165) is 0 Å². The molecule has 0 radical (unpaired) electrons. The average molecular weight is 331 g/mol. The molecule has 0 saturated carbocycles. The van der Waals surface area contributed by atoms with Crippen molar-refractivity contribution < 1.29 is 0 Å². The van der Waals surface area contributed by atoms with Gasteiger partial charge in [0.25, 0.3) is 0 Å². The third-order valence-corrected chi connectivity index (χ3v) is 7.08. The maximum Gasteiger partial charge on any atom is 0.0392 e. The van der Waals surface area contributed by atoms with Crippen LogP contribution >= 0.6 is 23.5 Å². The first-order chi connectivity index (χ1) is 10.4. The van der Waals surface area contributed by atoms with Gasteiger partial charge in [-0.05, 0) is 89.3 Å². The Balaban J connectivity index is 1.30. The van der Waals surface area contributed by atoms with Gasteiger partial charge in [0.1, 0.15) is 0 Å². The summed E-state index contributed by atoms with van der Waals surface area (Å²) in [7, 11) is 0. The Morgan fingerprint density at radius 1 is 0.571 bits per heavy atom. The maximum absolute atomic E-state index is 2.66. The lowest BCUT2D eigenvalue weighted by Crippen LogP contribution is -2.30. The van der Waals surface area contributed by atoms with Crippen LogP contribution in [0.3, 0.4) is 0 Å². The van der Waals surface area contributed by atoms with E-state index in [0.29, 0.717) is 0 Å². The van der Waals surface area contributed by atoms with Gasteiger partial charge < -0.3 is 9.80 Å². The molecule has 2 nitrogen and oxygen atoms in total. The summed E-state index contributed by atoms with van der Waals surface area (Å²) in [6, 6.07) is 0. The molecule has 2 rings (SSSR count).